The van der Waals surface area contributed by atoms with Gasteiger partial charge in [0.25, 0.3) is 5.91 Å². The van der Waals surface area contributed by atoms with E-state index < -0.39 is 0 Å². The molecule has 120 valence electrons. The molecule has 2 aliphatic heterocycles. The van der Waals surface area contributed by atoms with E-state index in [0.717, 1.165) is 31.4 Å². The molecular formula is C17H19N3O3. The number of hydrogen-bond donors (Lipinski definition) is 0. The number of nitrogens with zero attached hydrogens (tertiary/aromatic N) is 3. The number of pyridine rings is 1. The number of carbonyl (C=O) groups excluding carboxylic acids is 1. The summed E-state index contributed by atoms with van der Waals surface area (Å²) in [6.45, 7) is 1.80. The Bertz CT molecular complexity index is 686. The van der Waals surface area contributed by atoms with Gasteiger partial charge in [-0.05, 0) is 31.9 Å². The summed E-state index contributed by atoms with van der Waals surface area (Å²) in [5, 5.41) is 3.87. The van der Waals surface area contributed by atoms with Gasteiger partial charge in [-0.3, -0.25) is 9.78 Å². The summed E-state index contributed by atoms with van der Waals surface area (Å²) in [5.74, 6) is 1.44. The molecule has 6 heteroatoms. The lowest BCUT2D eigenvalue weighted by molar-refractivity contribution is 0.0350. The topological polar surface area (TPSA) is 68.5 Å². The Morgan fingerprint density at radius 2 is 2.13 bits per heavy atom. The van der Waals surface area contributed by atoms with Crippen molar-refractivity contribution in [3.05, 3.63) is 42.0 Å². The van der Waals surface area contributed by atoms with E-state index in [4.69, 9.17) is 9.26 Å². The van der Waals surface area contributed by atoms with Gasteiger partial charge in [-0.2, -0.15) is 0 Å². The van der Waals surface area contributed by atoms with Crippen molar-refractivity contribution in [2.24, 2.45) is 0 Å². The van der Waals surface area contributed by atoms with Crippen LogP contribution in [0.3, 0.4) is 0 Å². The fraction of sp³-hybridized carbons (Fsp3) is 0.471. The van der Waals surface area contributed by atoms with Gasteiger partial charge in [-0.1, -0.05) is 5.16 Å². The second-order valence-electron chi connectivity index (χ2n) is 6.32. The van der Waals surface area contributed by atoms with Crippen LogP contribution in [-0.4, -0.2) is 39.1 Å². The average molecular weight is 313 g/mol. The van der Waals surface area contributed by atoms with Crippen molar-refractivity contribution in [1.29, 1.82) is 0 Å². The van der Waals surface area contributed by atoms with E-state index in [9.17, 15) is 4.79 Å². The van der Waals surface area contributed by atoms with Crippen LogP contribution in [0.15, 0.2) is 35.1 Å². The van der Waals surface area contributed by atoms with Crippen LogP contribution in [-0.2, 0) is 0 Å². The molecule has 2 aromatic heterocycles. The van der Waals surface area contributed by atoms with Crippen molar-refractivity contribution in [1.82, 2.24) is 15.0 Å². The zero-order valence-corrected chi connectivity index (χ0v) is 13.0. The van der Waals surface area contributed by atoms with Gasteiger partial charge in [0.2, 0.25) is 0 Å². The average Bonchev–Trinajstić information content (AvgIpc) is 3.10. The number of aryl methyl sites for hydroxylation is 1. The lowest BCUT2D eigenvalue weighted by atomic mass is 9.99. The van der Waals surface area contributed by atoms with Gasteiger partial charge in [0.05, 0.1) is 6.20 Å². The van der Waals surface area contributed by atoms with Gasteiger partial charge < -0.3 is 14.2 Å². The third-order valence-corrected chi connectivity index (χ3v) is 4.71. The molecule has 2 saturated heterocycles. The number of hydrogen-bond acceptors (Lipinski definition) is 5. The standard InChI is InChI=1S/C17H19N3O3/c1-11-7-16(19-23-11)17(21)20-12-4-5-13(20)9-15(8-12)22-14-3-2-6-18-10-14/h2-3,6-7,10,12-13,15H,4-5,8-9H2,1H3. The molecule has 2 fully saturated rings. The maximum Gasteiger partial charge on any atom is 0.276 e. The number of aromatic nitrogens is 2. The van der Waals surface area contributed by atoms with Crippen molar-refractivity contribution < 1.29 is 14.1 Å². The molecule has 0 radical (unpaired) electrons. The third kappa shape index (κ3) is 2.69. The molecule has 23 heavy (non-hydrogen) atoms. The lowest BCUT2D eigenvalue weighted by Gasteiger charge is -2.38. The van der Waals surface area contributed by atoms with Crippen molar-refractivity contribution in [3.63, 3.8) is 0 Å². The van der Waals surface area contributed by atoms with Gasteiger partial charge in [0.15, 0.2) is 5.69 Å². The quantitative estimate of drug-likeness (QED) is 0.871. The number of rotatable bonds is 3. The van der Waals surface area contributed by atoms with Crippen LogP contribution in [0.1, 0.15) is 41.9 Å². The molecule has 2 aliphatic rings. The highest BCUT2D eigenvalue weighted by atomic mass is 16.5. The van der Waals surface area contributed by atoms with Gasteiger partial charge in [-0.25, -0.2) is 0 Å². The Morgan fingerprint density at radius 3 is 2.74 bits per heavy atom. The molecule has 4 rings (SSSR count). The molecule has 2 bridgehead atoms. The molecule has 0 aliphatic carbocycles. The first-order valence-electron chi connectivity index (χ1n) is 8.03. The predicted molar refractivity (Wildman–Crippen MR) is 82.1 cm³/mol. The summed E-state index contributed by atoms with van der Waals surface area (Å²) in [6, 6.07) is 5.94. The zero-order valence-electron chi connectivity index (χ0n) is 13.0. The Hall–Kier alpha value is -2.37. The molecule has 1 amide bonds. The number of ether oxygens (including phenoxy) is 1. The Labute approximate surface area is 134 Å². The number of piperidine rings is 1. The van der Waals surface area contributed by atoms with Crippen molar-refractivity contribution >= 4 is 5.91 Å². The molecule has 6 nitrogen and oxygen atoms in total. The molecule has 2 aromatic rings. The number of amides is 1. The Kier molecular flexibility index (Phi) is 3.52. The maximum atomic E-state index is 12.7. The molecule has 0 spiro atoms. The van der Waals surface area contributed by atoms with E-state index in [-0.39, 0.29) is 24.1 Å². The summed E-state index contributed by atoms with van der Waals surface area (Å²) in [7, 11) is 0. The minimum atomic E-state index is -0.0193. The van der Waals surface area contributed by atoms with Gasteiger partial charge in [0, 0.05) is 37.2 Å². The summed E-state index contributed by atoms with van der Waals surface area (Å²) < 4.78 is 11.1. The highest BCUT2D eigenvalue weighted by Crippen LogP contribution is 2.38. The van der Waals surface area contributed by atoms with Crippen LogP contribution in [0.4, 0.5) is 0 Å². The molecule has 2 unspecified atom stereocenters. The van der Waals surface area contributed by atoms with E-state index in [1.807, 2.05) is 17.0 Å². The summed E-state index contributed by atoms with van der Waals surface area (Å²) in [4.78, 5) is 18.8. The Morgan fingerprint density at radius 1 is 1.35 bits per heavy atom. The smallest absolute Gasteiger partial charge is 0.276 e. The lowest BCUT2D eigenvalue weighted by Crippen LogP contribution is -2.49. The maximum absolute atomic E-state index is 12.7. The minimum absolute atomic E-state index is 0.0193. The molecule has 0 aromatic carbocycles. The van der Waals surface area contributed by atoms with Gasteiger partial charge in [0.1, 0.15) is 17.6 Å². The second-order valence-corrected chi connectivity index (χ2v) is 6.32. The third-order valence-electron chi connectivity index (χ3n) is 4.71. The largest absolute Gasteiger partial charge is 0.489 e. The summed E-state index contributed by atoms with van der Waals surface area (Å²) in [6.07, 6.45) is 7.37. The van der Waals surface area contributed by atoms with Crippen LogP contribution >= 0.6 is 0 Å². The highest BCUT2D eigenvalue weighted by molar-refractivity contribution is 5.93. The van der Waals surface area contributed by atoms with E-state index in [1.165, 1.54) is 0 Å². The van der Waals surface area contributed by atoms with Gasteiger partial charge >= 0.3 is 0 Å². The summed E-state index contributed by atoms with van der Waals surface area (Å²) in [5.41, 5.74) is 0.408. The fourth-order valence-corrected chi connectivity index (χ4v) is 3.76. The van der Waals surface area contributed by atoms with Crippen molar-refractivity contribution in [2.75, 3.05) is 0 Å². The van der Waals surface area contributed by atoms with Crippen LogP contribution in [0.25, 0.3) is 0 Å². The SMILES string of the molecule is Cc1cc(C(=O)N2C3CCC2CC(Oc2cccnc2)C3)no1. The zero-order chi connectivity index (χ0) is 15.8. The highest BCUT2D eigenvalue weighted by Gasteiger charge is 2.44. The van der Waals surface area contributed by atoms with Gasteiger partial charge in [-0.15, -0.1) is 0 Å². The normalized spacial score (nSPS) is 26.3. The van der Waals surface area contributed by atoms with E-state index in [0.29, 0.717) is 11.5 Å². The van der Waals surface area contributed by atoms with E-state index in [2.05, 4.69) is 10.1 Å². The molecule has 2 atom stereocenters. The van der Waals surface area contributed by atoms with Crippen LogP contribution in [0, 0.1) is 6.92 Å². The Balaban J connectivity index is 1.47. The fourth-order valence-electron chi connectivity index (χ4n) is 3.76. The number of carbonyl (C=O) groups is 1. The van der Waals surface area contributed by atoms with Crippen LogP contribution in [0.2, 0.25) is 0 Å². The first-order valence-corrected chi connectivity index (χ1v) is 8.03. The monoisotopic (exact) mass is 313 g/mol. The summed E-state index contributed by atoms with van der Waals surface area (Å²) >= 11 is 0. The first kappa shape index (κ1) is 14.2. The predicted octanol–water partition coefficient (Wildman–Crippen LogP) is 2.59. The minimum Gasteiger partial charge on any atom is -0.489 e. The second kappa shape index (κ2) is 5.68. The molecule has 0 saturated carbocycles. The van der Waals surface area contributed by atoms with Crippen molar-refractivity contribution in [2.45, 2.75) is 50.8 Å². The van der Waals surface area contributed by atoms with E-state index in [1.54, 1.807) is 25.4 Å². The van der Waals surface area contributed by atoms with Crippen LogP contribution in [0.5, 0.6) is 5.75 Å². The number of fused-ring (bicyclic) bond motifs is 2. The first-order chi connectivity index (χ1) is 11.2. The van der Waals surface area contributed by atoms with E-state index >= 15 is 0 Å². The van der Waals surface area contributed by atoms with Crippen molar-refractivity contribution in [3.8, 4) is 5.75 Å². The molecular weight excluding hydrogens is 294 g/mol. The van der Waals surface area contributed by atoms with Crippen LogP contribution < -0.4 is 4.74 Å². The molecule has 4 heterocycles. The molecule has 0 N–H and O–H groups in total.